The van der Waals surface area contributed by atoms with Crippen molar-refractivity contribution in [2.24, 2.45) is 5.11 Å². The lowest BCUT2D eigenvalue weighted by molar-refractivity contribution is 0.252. The smallest absolute Gasteiger partial charge is 0.198 e. The second kappa shape index (κ2) is 4.69. The number of hydrogen-bond donors (Lipinski definition) is 0. The molecule has 0 fully saturated rings. The number of benzene rings is 1. The molecule has 0 spiro atoms. The first-order chi connectivity index (χ1) is 6.24. The Morgan fingerprint density at radius 1 is 1.38 bits per heavy atom. The van der Waals surface area contributed by atoms with Crippen LogP contribution in [0.25, 0.3) is 10.4 Å². The molecule has 0 aliphatic rings. The van der Waals surface area contributed by atoms with E-state index in [2.05, 4.69) is 10.0 Å². The maximum absolute atomic E-state index is 12.0. The summed E-state index contributed by atoms with van der Waals surface area (Å²) in [6, 6.07) is 6.21. The zero-order chi connectivity index (χ0) is 9.68. The molecule has 0 amide bonds. The average molecular weight is 201 g/mol. The molecule has 3 nitrogen and oxygen atoms in total. The Morgan fingerprint density at radius 2 is 2.08 bits per heavy atom. The van der Waals surface area contributed by atoms with Crippen molar-refractivity contribution in [1.82, 2.24) is 0 Å². The fourth-order valence-corrected chi connectivity index (χ4v) is 1.36. The Balaban J connectivity index is 2.97. The molecular formula is C7H5F2N3S. The number of rotatable bonds is 3. The number of thioether (sulfide) groups is 1. The van der Waals surface area contributed by atoms with Gasteiger partial charge in [0.2, 0.25) is 0 Å². The summed E-state index contributed by atoms with van der Waals surface area (Å²) >= 11 is 0.367. The van der Waals surface area contributed by atoms with Gasteiger partial charge >= 0.3 is 0 Å². The summed E-state index contributed by atoms with van der Waals surface area (Å²) in [5.74, 6) is -2.50. The molecule has 1 rings (SSSR count). The predicted molar refractivity (Wildman–Crippen MR) is 47.1 cm³/mol. The van der Waals surface area contributed by atoms with Crippen molar-refractivity contribution in [3.8, 4) is 0 Å². The van der Waals surface area contributed by atoms with Gasteiger partial charge in [0.1, 0.15) is 0 Å². The molecule has 0 N–H and O–H groups in total. The van der Waals surface area contributed by atoms with E-state index in [1.165, 1.54) is 12.1 Å². The molecule has 0 atom stereocenters. The number of alkyl halides is 2. The summed E-state index contributed by atoms with van der Waals surface area (Å²) in [7, 11) is 0. The van der Waals surface area contributed by atoms with Crippen LogP contribution in [0.2, 0.25) is 0 Å². The van der Waals surface area contributed by atoms with Gasteiger partial charge in [0.25, 0.3) is 5.76 Å². The van der Waals surface area contributed by atoms with E-state index in [4.69, 9.17) is 5.53 Å². The van der Waals surface area contributed by atoms with E-state index in [1.807, 2.05) is 0 Å². The van der Waals surface area contributed by atoms with Crippen LogP contribution in [-0.4, -0.2) is 5.76 Å². The molecule has 0 bridgehead atoms. The minimum atomic E-state index is -2.50. The van der Waals surface area contributed by atoms with Crippen LogP contribution < -0.4 is 0 Å². The molecule has 6 heteroatoms. The van der Waals surface area contributed by atoms with E-state index in [0.717, 1.165) is 0 Å². The fourth-order valence-electron chi connectivity index (χ4n) is 0.784. The minimum absolute atomic E-state index is 0.232. The third-order valence-electron chi connectivity index (χ3n) is 1.23. The quantitative estimate of drug-likeness (QED) is 0.316. The Bertz CT molecular complexity index is 336. The summed E-state index contributed by atoms with van der Waals surface area (Å²) in [4.78, 5) is 2.83. The van der Waals surface area contributed by atoms with Crippen molar-refractivity contribution in [1.29, 1.82) is 0 Å². The molecule has 0 heterocycles. The Labute approximate surface area is 77.4 Å². The van der Waals surface area contributed by atoms with Gasteiger partial charge in [0.15, 0.2) is 0 Å². The normalized spacial score (nSPS) is 9.77. The van der Waals surface area contributed by atoms with E-state index in [9.17, 15) is 8.78 Å². The first-order valence-corrected chi connectivity index (χ1v) is 4.21. The molecule has 0 aliphatic heterocycles. The van der Waals surface area contributed by atoms with Crippen molar-refractivity contribution in [3.05, 3.63) is 34.7 Å². The first-order valence-electron chi connectivity index (χ1n) is 3.33. The Kier molecular flexibility index (Phi) is 3.54. The molecule has 0 aromatic heterocycles. The van der Waals surface area contributed by atoms with Gasteiger partial charge in [-0.05, 0) is 11.6 Å². The maximum atomic E-state index is 12.0. The van der Waals surface area contributed by atoms with E-state index >= 15 is 0 Å². The summed E-state index contributed by atoms with van der Waals surface area (Å²) in [6.45, 7) is 0. The van der Waals surface area contributed by atoms with Crippen LogP contribution in [0.15, 0.2) is 34.3 Å². The Hall–Kier alpha value is -1.26. The van der Waals surface area contributed by atoms with Crippen LogP contribution in [0.3, 0.4) is 0 Å². The lowest BCUT2D eigenvalue weighted by Crippen LogP contribution is -1.81. The van der Waals surface area contributed by atoms with Gasteiger partial charge in [-0.1, -0.05) is 35.1 Å². The summed E-state index contributed by atoms with van der Waals surface area (Å²) in [6.07, 6.45) is 0. The molecule has 0 saturated heterocycles. The highest BCUT2D eigenvalue weighted by atomic mass is 32.2. The second-order valence-corrected chi connectivity index (χ2v) is 3.07. The molecule has 68 valence electrons. The van der Waals surface area contributed by atoms with E-state index in [-0.39, 0.29) is 10.6 Å². The van der Waals surface area contributed by atoms with Gasteiger partial charge in [-0.25, -0.2) is 0 Å². The van der Waals surface area contributed by atoms with Crippen molar-refractivity contribution in [3.63, 3.8) is 0 Å². The zero-order valence-electron chi connectivity index (χ0n) is 6.39. The van der Waals surface area contributed by atoms with E-state index in [1.54, 1.807) is 12.1 Å². The third kappa shape index (κ3) is 2.93. The summed E-state index contributed by atoms with van der Waals surface area (Å²) in [5.41, 5.74) is 8.37. The molecule has 0 saturated carbocycles. The van der Waals surface area contributed by atoms with Gasteiger partial charge in [-0.3, -0.25) is 0 Å². The maximum Gasteiger partial charge on any atom is 0.288 e. The van der Waals surface area contributed by atoms with Crippen molar-refractivity contribution >= 4 is 17.4 Å². The van der Waals surface area contributed by atoms with E-state index in [0.29, 0.717) is 11.8 Å². The van der Waals surface area contributed by atoms with Gasteiger partial charge in [0.05, 0.1) is 5.69 Å². The second-order valence-electron chi connectivity index (χ2n) is 2.04. The molecular weight excluding hydrogens is 196 g/mol. The first kappa shape index (κ1) is 9.83. The van der Waals surface area contributed by atoms with Gasteiger partial charge in [0, 0.05) is 9.81 Å². The van der Waals surface area contributed by atoms with Crippen molar-refractivity contribution < 1.29 is 8.78 Å². The average Bonchev–Trinajstić information content (AvgIpc) is 2.08. The standard InChI is InChI=1S/C7H5F2N3S/c8-7(9)13-6-4-2-1-3-5(6)11-12-10/h1-4,7H. The topological polar surface area (TPSA) is 48.8 Å². The number of azide groups is 1. The highest BCUT2D eigenvalue weighted by Gasteiger charge is 2.07. The lowest BCUT2D eigenvalue weighted by atomic mass is 10.3. The number of nitrogens with zero attached hydrogens (tertiary/aromatic N) is 3. The van der Waals surface area contributed by atoms with Crippen LogP contribution in [0.1, 0.15) is 0 Å². The number of halogens is 2. The highest BCUT2D eigenvalue weighted by Crippen LogP contribution is 2.33. The van der Waals surface area contributed by atoms with Crippen LogP contribution in [-0.2, 0) is 0 Å². The van der Waals surface area contributed by atoms with Gasteiger partial charge < -0.3 is 0 Å². The molecule has 1 aromatic rings. The molecule has 0 radical (unpaired) electrons. The SMILES string of the molecule is [N-]=[N+]=Nc1ccccc1SC(F)F. The highest BCUT2D eigenvalue weighted by molar-refractivity contribution is 7.99. The van der Waals surface area contributed by atoms with Crippen LogP contribution in [0, 0.1) is 0 Å². The van der Waals surface area contributed by atoms with E-state index < -0.39 is 5.76 Å². The fraction of sp³-hybridized carbons (Fsp3) is 0.143. The lowest BCUT2D eigenvalue weighted by Gasteiger charge is -2.02. The zero-order valence-corrected chi connectivity index (χ0v) is 7.21. The minimum Gasteiger partial charge on any atom is -0.198 e. The summed E-state index contributed by atoms with van der Waals surface area (Å²) in [5, 5.41) is 3.29. The molecule has 13 heavy (non-hydrogen) atoms. The largest absolute Gasteiger partial charge is 0.288 e. The summed E-state index contributed by atoms with van der Waals surface area (Å²) < 4.78 is 23.9. The van der Waals surface area contributed by atoms with Gasteiger partial charge in [-0.2, -0.15) is 8.78 Å². The van der Waals surface area contributed by atoms with Crippen molar-refractivity contribution in [2.45, 2.75) is 10.7 Å². The number of hydrogen-bond acceptors (Lipinski definition) is 2. The molecule has 0 unspecified atom stereocenters. The van der Waals surface area contributed by atoms with Crippen LogP contribution >= 0.6 is 11.8 Å². The molecule has 1 aromatic carbocycles. The van der Waals surface area contributed by atoms with Crippen LogP contribution in [0.5, 0.6) is 0 Å². The van der Waals surface area contributed by atoms with Crippen molar-refractivity contribution in [2.75, 3.05) is 0 Å². The van der Waals surface area contributed by atoms with Gasteiger partial charge in [-0.15, -0.1) is 0 Å². The third-order valence-corrected chi connectivity index (χ3v) is 2.01. The predicted octanol–water partition coefficient (Wildman–Crippen LogP) is 3.94. The molecule has 0 aliphatic carbocycles. The Morgan fingerprint density at radius 3 is 2.69 bits per heavy atom. The van der Waals surface area contributed by atoms with Crippen LogP contribution in [0.4, 0.5) is 14.5 Å². The monoisotopic (exact) mass is 201 g/mol.